The third kappa shape index (κ3) is 2.79. The first kappa shape index (κ1) is 12.6. The number of fused-ring (bicyclic) bond motifs is 1. The molecule has 0 saturated heterocycles. The summed E-state index contributed by atoms with van der Waals surface area (Å²) in [4.78, 5) is 19.4. The number of H-pyrrole nitrogens is 1. The molecule has 100 valence electrons. The highest BCUT2D eigenvalue weighted by molar-refractivity contribution is 8.00. The third-order valence-corrected chi connectivity index (χ3v) is 4.76. The summed E-state index contributed by atoms with van der Waals surface area (Å²) in [6, 6.07) is 0. The molecule has 0 spiro atoms. The summed E-state index contributed by atoms with van der Waals surface area (Å²) >= 11 is 3.15. The van der Waals surface area contributed by atoms with E-state index in [1.54, 1.807) is 23.1 Å². The van der Waals surface area contributed by atoms with E-state index >= 15 is 0 Å². The molecular formula is C11H13N5OS2. The van der Waals surface area contributed by atoms with Crippen LogP contribution in [0.5, 0.6) is 0 Å². The van der Waals surface area contributed by atoms with Crippen LogP contribution in [0.25, 0.3) is 0 Å². The summed E-state index contributed by atoms with van der Waals surface area (Å²) in [5.41, 5.74) is 1.49. The molecule has 3 heterocycles. The lowest BCUT2D eigenvalue weighted by molar-refractivity contribution is 0.0951. The van der Waals surface area contributed by atoms with Gasteiger partial charge in [-0.15, -0.1) is 10.2 Å². The minimum atomic E-state index is -0.0771. The second-order valence-corrected chi connectivity index (χ2v) is 6.65. The summed E-state index contributed by atoms with van der Waals surface area (Å²) in [5.74, 6) is 1.42. The van der Waals surface area contributed by atoms with Crippen LogP contribution in [0.4, 0.5) is 0 Å². The second-order valence-electron chi connectivity index (χ2n) is 4.25. The molecule has 0 atom stereocenters. The number of nitrogens with zero attached hydrogens (tertiary/aromatic N) is 3. The molecule has 1 aliphatic heterocycles. The van der Waals surface area contributed by atoms with E-state index in [4.69, 9.17) is 0 Å². The fourth-order valence-corrected chi connectivity index (χ4v) is 3.60. The predicted molar refractivity (Wildman–Crippen MR) is 73.4 cm³/mol. The van der Waals surface area contributed by atoms with Gasteiger partial charge in [-0.25, -0.2) is 4.98 Å². The molecule has 0 aliphatic carbocycles. The van der Waals surface area contributed by atoms with Crippen molar-refractivity contribution >= 4 is 29.0 Å². The molecular weight excluding hydrogens is 282 g/mol. The van der Waals surface area contributed by atoms with Gasteiger partial charge in [0.2, 0.25) is 0 Å². The number of imidazole rings is 1. The fraction of sp³-hybridized carbons (Fsp3) is 0.455. The average molecular weight is 295 g/mol. The first-order valence-corrected chi connectivity index (χ1v) is 7.81. The van der Waals surface area contributed by atoms with E-state index in [1.165, 1.54) is 0 Å². The molecule has 1 aliphatic rings. The highest BCUT2D eigenvalue weighted by atomic mass is 32.2. The molecule has 6 nitrogen and oxygen atoms in total. The number of aryl methyl sites for hydroxylation is 2. The zero-order valence-electron chi connectivity index (χ0n) is 10.4. The second kappa shape index (κ2) is 5.30. The van der Waals surface area contributed by atoms with Crippen LogP contribution >= 0.6 is 23.1 Å². The number of carbonyl (C=O) groups is 1. The van der Waals surface area contributed by atoms with E-state index in [0.717, 1.165) is 40.3 Å². The lowest BCUT2D eigenvalue weighted by atomic mass is 10.2. The number of rotatable bonds is 3. The fourth-order valence-electron chi connectivity index (χ4n) is 1.92. The van der Waals surface area contributed by atoms with Gasteiger partial charge in [0, 0.05) is 12.2 Å². The molecule has 1 amide bonds. The van der Waals surface area contributed by atoms with Crippen molar-refractivity contribution < 1.29 is 4.79 Å². The summed E-state index contributed by atoms with van der Waals surface area (Å²) in [7, 11) is 0. The maximum Gasteiger partial charge on any atom is 0.271 e. The maximum absolute atomic E-state index is 11.8. The minimum Gasteiger partial charge on any atom is -0.351 e. The Morgan fingerprint density at radius 2 is 2.32 bits per heavy atom. The van der Waals surface area contributed by atoms with Gasteiger partial charge < -0.3 is 10.3 Å². The predicted octanol–water partition coefficient (Wildman–Crippen LogP) is 1.54. The van der Waals surface area contributed by atoms with E-state index < -0.39 is 0 Å². The lowest BCUT2D eigenvalue weighted by Gasteiger charge is -1.96. The Morgan fingerprint density at radius 1 is 1.42 bits per heavy atom. The highest BCUT2D eigenvalue weighted by Gasteiger charge is 2.20. The number of aromatic nitrogens is 4. The van der Waals surface area contributed by atoms with Crippen LogP contribution in [-0.2, 0) is 12.2 Å². The Kier molecular flexibility index (Phi) is 3.52. The molecule has 0 saturated carbocycles. The van der Waals surface area contributed by atoms with Crippen molar-refractivity contribution in [2.45, 2.75) is 29.9 Å². The molecule has 19 heavy (non-hydrogen) atoms. The van der Waals surface area contributed by atoms with E-state index in [9.17, 15) is 4.79 Å². The number of nitrogens with one attached hydrogen (secondary N) is 2. The molecule has 0 radical (unpaired) electrons. The minimum absolute atomic E-state index is 0.0771. The van der Waals surface area contributed by atoms with Gasteiger partial charge in [-0.05, 0) is 19.8 Å². The number of thioether (sulfide) groups is 1. The highest BCUT2D eigenvalue weighted by Crippen LogP contribution is 2.25. The van der Waals surface area contributed by atoms with Gasteiger partial charge in [-0.3, -0.25) is 4.79 Å². The summed E-state index contributed by atoms with van der Waals surface area (Å²) in [5, 5.41) is 11.8. The summed E-state index contributed by atoms with van der Waals surface area (Å²) < 4.78 is 0.925. The van der Waals surface area contributed by atoms with Gasteiger partial charge in [-0.1, -0.05) is 23.1 Å². The van der Waals surface area contributed by atoms with Crippen LogP contribution in [-0.4, -0.2) is 32.6 Å². The standard InChI is InChI=1S/C11H13N5OS2/c1-6-15-16-11(19-6)18-5-8-13-7-3-2-4-12-10(17)9(7)14-8/h2-5H2,1H3,(H,12,17)(H,13,14). The smallest absolute Gasteiger partial charge is 0.271 e. The van der Waals surface area contributed by atoms with Gasteiger partial charge >= 0.3 is 0 Å². The number of hydrogen-bond acceptors (Lipinski definition) is 6. The van der Waals surface area contributed by atoms with Gasteiger partial charge in [-0.2, -0.15) is 0 Å². The largest absolute Gasteiger partial charge is 0.351 e. The first-order valence-electron chi connectivity index (χ1n) is 6.01. The van der Waals surface area contributed by atoms with Gasteiger partial charge in [0.15, 0.2) is 4.34 Å². The van der Waals surface area contributed by atoms with Crippen molar-refractivity contribution in [2.24, 2.45) is 0 Å². The van der Waals surface area contributed by atoms with Gasteiger partial charge in [0.1, 0.15) is 16.5 Å². The Bertz CT molecular complexity index is 606. The summed E-state index contributed by atoms with van der Waals surface area (Å²) in [6.07, 6.45) is 1.81. The quantitative estimate of drug-likeness (QED) is 0.839. The first-order chi connectivity index (χ1) is 9.22. The molecule has 3 rings (SSSR count). The number of amides is 1. The molecule has 0 bridgehead atoms. The van der Waals surface area contributed by atoms with Crippen LogP contribution in [0.15, 0.2) is 4.34 Å². The Balaban J connectivity index is 1.72. The molecule has 0 unspecified atom stereocenters. The molecule has 0 aromatic carbocycles. The monoisotopic (exact) mass is 295 g/mol. The van der Waals surface area contributed by atoms with Crippen molar-refractivity contribution in [3.8, 4) is 0 Å². The number of aromatic amines is 1. The van der Waals surface area contributed by atoms with Crippen molar-refractivity contribution in [2.75, 3.05) is 6.54 Å². The zero-order valence-corrected chi connectivity index (χ0v) is 12.0. The topological polar surface area (TPSA) is 83.6 Å². The molecule has 2 N–H and O–H groups in total. The Morgan fingerprint density at radius 3 is 3.11 bits per heavy atom. The van der Waals surface area contributed by atoms with Crippen LogP contribution in [0.3, 0.4) is 0 Å². The van der Waals surface area contributed by atoms with E-state index in [2.05, 4.69) is 25.5 Å². The number of carbonyl (C=O) groups excluding carboxylic acids is 1. The molecule has 0 fully saturated rings. The van der Waals surface area contributed by atoms with E-state index in [0.29, 0.717) is 11.4 Å². The van der Waals surface area contributed by atoms with Crippen LogP contribution in [0, 0.1) is 6.92 Å². The SMILES string of the molecule is Cc1nnc(SCc2nc3c([nH]2)CCCNC3=O)s1. The third-order valence-electron chi connectivity index (χ3n) is 2.77. The van der Waals surface area contributed by atoms with Crippen molar-refractivity contribution in [1.82, 2.24) is 25.5 Å². The van der Waals surface area contributed by atoms with Gasteiger partial charge in [0.05, 0.1) is 5.75 Å². The Labute approximate surface area is 118 Å². The number of hydrogen-bond donors (Lipinski definition) is 2. The molecule has 8 heteroatoms. The van der Waals surface area contributed by atoms with Crippen LogP contribution in [0.2, 0.25) is 0 Å². The van der Waals surface area contributed by atoms with Crippen molar-refractivity contribution in [3.63, 3.8) is 0 Å². The summed E-state index contributed by atoms with van der Waals surface area (Å²) in [6.45, 7) is 2.65. The van der Waals surface area contributed by atoms with Crippen molar-refractivity contribution in [3.05, 3.63) is 22.2 Å². The molecule has 2 aromatic rings. The zero-order chi connectivity index (χ0) is 13.2. The van der Waals surface area contributed by atoms with Crippen LogP contribution < -0.4 is 5.32 Å². The van der Waals surface area contributed by atoms with E-state index in [-0.39, 0.29) is 5.91 Å². The lowest BCUT2D eigenvalue weighted by Crippen LogP contribution is -2.23. The average Bonchev–Trinajstić information content (AvgIpc) is 2.95. The normalized spacial score (nSPS) is 14.9. The van der Waals surface area contributed by atoms with Gasteiger partial charge in [0.25, 0.3) is 5.91 Å². The van der Waals surface area contributed by atoms with E-state index in [1.807, 2.05) is 6.92 Å². The Hall–Kier alpha value is -1.41. The maximum atomic E-state index is 11.8. The van der Waals surface area contributed by atoms with Crippen LogP contribution in [0.1, 0.15) is 33.4 Å². The molecule has 2 aromatic heterocycles. The van der Waals surface area contributed by atoms with Crippen molar-refractivity contribution in [1.29, 1.82) is 0 Å².